The van der Waals surface area contributed by atoms with Gasteiger partial charge in [0.1, 0.15) is 0 Å². The molecule has 0 bridgehead atoms. The number of benzene rings is 1. The Morgan fingerprint density at radius 1 is 1.04 bits per heavy atom. The number of urea groups is 1. The van der Waals surface area contributed by atoms with Crippen LogP contribution in [0, 0.1) is 5.92 Å². The van der Waals surface area contributed by atoms with Crippen LogP contribution < -0.4 is 5.32 Å². The minimum absolute atomic E-state index is 0.0592. The summed E-state index contributed by atoms with van der Waals surface area (Å²) in [5.41, 5.74) is 1.31. The lowest BCUT2D eigenvalue weighted by atomic mass is 9.98. The molecule has 1 unspecified atom stereocenters. The molecular formula is C19H27N3O3. The minimum atomic E-state index is -0.438. The number of nitrogens with one attached hydrogen (secondary N) is 1. The normalized spacial score (nSPS) is 21.9. The molecule has 1 atom stereocenters. The van der Waals surface area contributed by atoms with Gasteiger partial charge in [-0.05, 0) is 55.9 Å². The number of nitrogens with zero attached hydrogens (tertiary/aromatic N) is 2. The maximum absolute atomic E-state index is 12.5. The molecule has 25 heavy (non-hydrogen) atoms. The summed E-state index contributed by atoms with van der Waals surface area (Å²) in [6.45, 7) is 4.88. The van der Waals surface area contributed by atoms with E-state index in [0.29, 0.717) is 30.3 Å². The van der Waals surface area contributed by atoms with Gasteiger partial charge in [-0.3, -0.25) is 4.79 Å². The topological polar surface area (TPSA) is 72.9 Å². The van der Waals surface area contributed by atoms with Crippen LogP contribution in [0.3, 0.4) is 0 Å². The Morgan fingerprint density at radius 2 is 1.72 bits per heavy atom. The van der Waals surface area contributed by atoms with Gasteiger partial charge >= 0.3 is 6.03 Å². The second-order valence-electron chi connectivity index (χ2n) is 7.22. The SMILES string of the molecule is CC1CCN(C(=O)c2ccc(NC(=O)N3CCCC(O)C3)cc2)CC1. The first-order chi connectivity index (χ1) is 12.0. The van der Waals surface area contributed by atoms with E-state index in [1.807, 2.05) is 4.90 Å². The van der Waals surface area contributed by atoms with Crippen molar-refractivity contribution in [2.24, 2.45) is 5.92 Å². The van der Waals surface area contributed by atoms with Gasteiger partial charge in [0.05, 0.1) is 6.10 Å². The molecule has 2 N–H and O–H groups in total. The van der Waals surface area contributed by atoms with Crippen LogP contribution in [0.15, 0.2) is 24.3 Å². The zero-order chi connectivity index (χ0) is 17.8. The van der Waals surface area contributed by atoms with Gasteiger partial charge in [0.2, 0.25) is 0 Å². The highest BCUT2D eigenvalue weighted by atomic mass is 16.3. The quantitative estimate of drug-likeness (QED) is 0.865. The predicted octanol–water partition coefficient (Wildman–Crippen LogP) is 2.55. The van der Waals surface area contributed by atoms with E-state index >= 15 is 0 Å². The van der Waals surface area contributed by atoms with Crippen LogP contribution >= 0.6 is 0 Å². The number of amides is 3. The van der Waals surface area contributed by atoms with Crippen molar-refractivity contribution in [2.45, 2.75) is 38.7 Å². The summed E-state index contributed by atoms with van der Waals surface area (Å²) in [7, 11) is 0. The van der Waals surface area contributed by atoms with Crippen LogP contribution in [0.5, 0.6) is 0 Å². The maximum Gasteiger partial charge on any atom is 0.321 e. The van der Waals surface area contributed by atoms with Crippen molar-refractivity contribution >= 4 is 17.6 Å². The first-order valence-corrected chi connectivity index (χ1v) is 9.16. The van der Waals surface area contributed by atoms with Crippen LogP contribution in [0.1, 0.15) is 43.0 Å². The van der Waals surface area contributed by atoms with Gasteiger partial charge in [-0.25, -0.2) is 4.79 Å². The van der Waals surface area contributed by atoms with Gasteiger partial charge in [0, 0.05) is 37.4 Å². The lowest BCUT2D eigenvalue weighted by Gasteiger charge is -2.30. The summed E-state index contributed by atoms with van der Waals surface area (Å²) >= 11 is 0. The molecule has 2 aliphatic rings. The molecule has 3 rings (SSSR count). The van der Waals surface area contributed by atoms with Crippen LogP contribution in [0.4, 0.5) is 10.5 Å². The summed E-state index contributed by atoms with van der Waals surface area (Å²) in [4.78, 5) is 28.3. The Kier molecular flexibility index (Phi) is 5.58. The van der Waals surface area contributed by atoms with Crippen molar-refractivity contribution in [3.8, 4) is 0 Å². The number of piperidine rings is 2. The largest absolute Gasteiger partial charge is 0.391 e. The number of aliphatic hydroxyl groups is 1. The van der Waals surface area contributed by atoms with E-state index in [1.165, 1.54) is 0 Å². The lowest BCUT2D eigenvalue weighted by Crippen LogP contribution is -2.44. The Bertz CT molecular complexity index is 609. The van der Waals surface area contributed by atoms with Crippen molar-refractivity contribution in [1.82, 2.24) is 9.80 Å². The number of likely N-dealkylation sites (tertiary alicyclic amines) is 2. The molecule has 2 aliphatic heterocycles. The van der Waals surface area contributed by atoms with E-state index in [0.717, 1.165) is 38.8 Å². The molecule has 1 aromatic carbocycles. The average Bonchev–Trinajstić information content (AvgIpc) is 2.62. The number of hydrogen-bond acceptors (Lipinski definition) is 3. The van der Waals surface area contributed by atoms with Crippen molar-refractivity contribution < 1.29 is 14.7 Å². The molecule has 6 nitrogen and oxygen atoms in total. The fourth-order valence-corrected chi connectivity index (χ4v) is 3.43. The third-order valence-corrected chi connectivity index (χ3v) is 5.14. The van der Waals surface area contributed by atoms with E-state index in [4.69, 9.17) is 0 Å². The summed E-state index contributed by atoms with van der Waals surface area (Å²) in [6.07, 6.45) is 3.24. The van der Waals surface area contributed by atoms with Crippen molar-refractivity contribution in [1.29, 1.82) is 0 Å². The van der Waals surface area contributed by atoms with E-state index in [1.54, 1.807) is 29.2 Å². The molecular weight excluding hydrogens is 318 g/mol. The second-order valence-corrected chi connectivity index (χ2v) is 7.22. The number of hydrogen-bond donors (Lipinski definition) is 2. The molecule has 136 valence electrons. The Morgan fingerprint density at radius 3 is 2.36 bits per heavy atom. The van der Waals surface area contributed by atoms with Gasteiger partial charge in [0.15, 0.2) is 0 Å². The highest BCUT2D eigenvalue weighted by Gasteiger charge is 2.23. The van der Waals surface area contributed by atoms with Gasteiger partial charge in [-0.1, -0.05) is 6.92 Å². The zero-order valence-electron chi connectivity index (χ0n) is 14.8. The average molecular weight is 345 g/mol. The number of carbonyl (C=O) groups excluding carboxylic acids is 2. The molecule has 1 aromatic rings. The molecule has 2 heterocycles. The first kappa shape index (κ1) is 17.7. The van der Waals surface area contributed by atoms with E-state index in [2.05, 4.69) is 12.2 Å². The smallest absolute Gasteiger partial charge is 0.321 e. The fraction of sp³-hybridized carbons (Fsp3) is 0.579. The van der Waals surface area contributed by atoms with E-state index in [-0.39, 0.29) is 11.9 Å². The lowest BCUT2D eigenvalue weighted by molar-refractivity contribution is 0.0697. The second kappa shape index (κ2) is 7.87. The zero-order valence-corrected chi connectivity index (χ0v) is 14.8. The summed E-state index contributed by atoms with van der Waals surface area (Å²) in [6, 6.07) is 6.85. The number of anilines is 1. The minimum Gasteiger partial charge on any atom is -0.391 e. The van der Waals surface area contributed by atoms with Crippen LogP contribution in [-0.4, -0.2) is 59.1 Å². The van der Waals surface area contributed by atoms with E-state index < -0.39 is 6.10 Å². The van der Waals surface area contributed by atoms with Crippen molar-refractivity contribution in [3.63, 3.8) is 0 Å². The van der Waals surface area contributed by atoms with Crippen LogP contribution in [0.25, 0.3) is 0 Å². The molecule has 2 saturated heterocycles. The summed E-state index contributed by atoms with van der Waals surface area (Å²) < 4.78 is 0. The molecule has 0 aliphatic carbocycles. The third kappa shape index (κ3) is 4.51. The van der Waals surface area contributed by atoms with Crippen LogP contribution in [-0.2, 0) is 0 Å². The highest BCUT2D eigenvalue weighted by molar-refractivity contribution is 5.95. The Hall–Kier alpha value is -2.08. The highest BCUT2D eigenvalue weighted by Crippen LogP contribution is 2.19. The van der Waals surface area contributed by atoms with Crippen molar-refractivity contribution in [3.05, 3.63) is 29.8 Å². The Balaban J connectivity index is 1.56. The molecule has 0 aromatic heterocycles. The number of carbonyl (C=O) groups is 2. The molecule has 0 radical (unpaired) electrons. The van der Waals surface area contributed by atoms with Gasteiger partial charge < -0.3 is 20.2 Å². The number of β-amino-alcohol motifs (C(OH)–C–C–N with tert-alkyl or cyclic N) is 1. The van der Waals surface area contributed by atoms with E-state index in [9.17, 15) is 14.7 Å². The first-order valence-electron chi connectivity index (χ1n) is 9.16. The predicted molar refractivity (Wildman–Crippen MR) is 96.6 cm³/mol. The summed E-state index contributed by atoms with van der Waals surface area (Å²) in [5.74, 6) is 0.749. The molecule has 0 saturated carbocycles. The molecule has 0 spiro atoms. The molecule has 2 fully saturated rings. The number of rotatable bonds is 2. The van der Waals surface area contributed by atoms with Gasteiger partial charge in [-0.15, -0.1) is 0 Å². The maximum atomic E-state index is 12.5. The monoisotopic (exact) mass is 345 g/mol. The van der Waals surface area contributed by atoms with Gasteiger partial charge in [0.25, 0.3) is 5.91 Å². The van der Waals surface area contributed by atoms with Crippen molar-refractivity contribution in [2.75, 3.05) is 31.5 Å². The number of aliphatic hydroxyl groups excluding tert-OH is 1. The Labute approximate surface area is 148 Å². The summed E-state index contributed by atoms with van der Waals surface area (Å²) in [5, 5.41) is 12.5. The van der Waals surface area contributed by atoms with Gasteiger partial charge in [-0.2, -0.15) is 0 Å². The fourth-order valence-electron chi connectivity index (χ4n) is 3.43. The molecule has 6 heteroatoms. The third-order valence-electron chi connectivity index (χ3n) is 5.14. The van der Waals surface area contributed by atoms with Crippen LogP contribution in [0.2, 0.25) is 0 Å². The standard InChI is InChI=1S/C19H27N3O3/c1-14-8-11-21(12-9-14)18(24)15-4-6-16(7-5-15)20-19(25)22-10-2-3-17(23)13-22/h4-7,14,17,23H,2-3,8-13H2,1H3,(H,20,25). The molecule has 3 amide bonds.